The highest BCUT2D eigenvalue weighted by Crippen LogP contribution is 2.33. The van der Waals surface area contributed by atoms with Crippen LogP contribution in [0.5, 0.6) is 0 Å². The molecule has 0 aliphatic carbocycles. The van der Waals surface area contributed by atoms with E-state index in [-0.39, 0.29) is 5.97 Å². The molecule has 0 bridgehead atoms. The van der Waals surface area contributed by atoms with Gasteiger partial charge < -0.3 is 9.47 Å². The van der Waals surface area contributed by atoms with Crippen molar-refractivity contribution in [1.29, 1.82) is 0 Å². The first-order valence-electron chi connectivity index (χ1n) is 6.84. The minimum absolute atomic E-state index is 0.347. The normalized spacial score (nSPS) is 19.8. The summed E-state index contributed by atoms with van der Waals surface area (Å²) in [7, 11) is 3.26. The van der Waals surface area contributed by atoms with E-state index in [1.807, 2.05) is 11.9 Å². The zero-order valence-corrected chi connectivity index (χ0v) is 13.7. The maximum absolute atomic E-state index is 12.2. The van der Waals surface area contributed by atoms with E-state index in [1.165, 1.54) is 7.11 Å². The number of esters is 1. The van der Waals surface area contributed by atoms with Gasteiger partial charge in [0.05, 0.1) is 23.8 Å². The Balaban J connectivity index is 2.24. The highest BCUT2D eigenvalue weighted by atomic mass is 35.5. The summed E-state index contributed by atoms with van der Waals surface area (Å²) < 4.78 is 10.3. The number of halogens is 2. The van der Waals surface area contributed by atoms with Gasteiger partial charge in [0.15, 0.2) is 0 Å². The monoisotopic (exact) mass is 331 g/mol. The van der Waals surface area contributed by atoms with Crippen molar-refractivity contribution in [3.63, 3.8) is 0 Å². The van der Waals surface area contributed by atoms with E-state index in [4.69, 9.17) is 32.7 Å². The second-order valence-electron chi connectivity index (χ2n) is 5.24. The van der Waals surface area contributed by atoms with Crippen LogP contribution in [0.1, 0.15) is 18.0 Å². The van der Waals surface area contributed by atoms with Crippen LogP contribution >= 0.6 is 23.2 Å². The zero-order valence-electron chi connectivity index (χ0n) is 12.1. The summed E-state index contributed by atoms with van der Waals surface area (Å²) in [6.45, 7) is 2.24. The van der Waals surface area contributed by atoms with E-state index in [2.05, 4.69) is 0 Å². The fraction of sp³-hybridized carbons (Fsp3) is 0.533. The number of likely N-dealkylation sites (N-methyl/N-ethyl adjacent to an activating group) is 1. The highest BCUT2D eigenvalue weighted by molar-refractivity contribution is 6.42. The van der Waals surface area contributed by atoms with Gasteiger partial charge in [-0.15, -0.1) is 0 Å². The summed E-state index contributed by atoms with van der Waals surface area (Å²) in [4.78, 5) is 14.1. The molecule has 2 atom stereocenters. The quantitative estimate of drug-likeness (QED) is 0.777. The standard InChI is InChI=1S/C15H19Cl2NO3/c1-18(8-10-6-7-21-9-10)14(15(19)20-2)11-4-3-5-12(16)13(11)17/h3-5,10,14H,6-9H2,1-2H3/t10-,14+/m1/s1. The van der Waals surface area contributed by atoms with Crippen LogP contribution in [0.4, 0.5) is 0 Å². The molecule has 1 aromatic carbocycles. The van der Waals surface area contributed by atoms with E-state index >= 15 is 0 Å². The number of ether oxygens (including phenoxy) is 2. The lowest BCUT2D eigenvalue weighted by Crippen LogP contribution is -2.35. The molecule has 116 valence electrons. The molecule has 1 fully saturated rings. The number of rotatable bonds is 5. The Bertz CT molecular complexity index is 504. The third-order valence-corrected chi connectivity index (χ3v) is 4.54. The fourth-order valence-corrected chi connectivity index (χ4v) is 3.04. The molecule has 0 amide bonds. The molecule has 6 heteroatoms. The van der Waals surface area contributed by atoms with Crippen molar-refractivity contribution in [2.45, 2.75) is 12.5 Å². The van der Waals surface area contributed by atoms with E-state index in [0.717, 1.165) is 26.2 Å². The molecular weight excluding hydrogens is 313 g/mol. The van der Waals surface area contributed by atoms with Gasteiger partial charge in [-0.25, -0.2) is 4.79 Å². The molecule has 1 aromatic rings. The van der Waals surface area contributed by atoms with Crippen LogP contribution in [0.25, 0.3) is 0 Å². The van der Waals surface area contributed by atoms with Crippen molar-refractivity contribution < 1.29 is 14.3 Å². The molecule has 0 radical (unpaired) electrons. The first-order valence-corrected chi connectivity index (χ1v) is 7.60. The molecule has 0 unspecified atom stereocenters. The molecule has 1 aliphatic rings. The highest BCUT2D eigenvalue weighted by Gasteiger charge is 2.31. The lowest BCUT2D eigenvalue weighted by Gasteiger charge is -2.28. The average Bonchev–Trinajstić information content (AvgIpc) is 2.96. The number of nitrogens with zero attached hydrogens (tertiary/aromatic N) is 1. The van der Waals surface area contributed by atoms with E-state index in [9.17, 15) is 4.79 Å². The Kier molecular flexibility index (Phi) is 5.88. The van der Waals surface area contributed by atoms with Crippen LogP contribution in [0.15, 0.2) is 18.2 Å². The van der Waals surface area contributed by atoms with Gasteiger partial charge in [-0.3, -0.25) is 4.90 Å². The molecule has 1 aliphatic heterocycles. The van der Waals surface area contributed by atoms with Gasteiger partial charge in [0.2, 0.25) is 0 Å². The minimum atomic E-state index is -0.568. The Hall–Kier alpha value is -0.810. The van der Waals surface area contributed by atoms with Crippen molar-refractivity contribution >= 4 is 29.2 Å². The van der Waals surface area contributed by atoms with Crippen LogP contribution in [-0.4, -0.2) is 44.8 Å². The molecule has 0 spiro atoms. The Morgan fingerprint density at radius 2 is 2.29 bits per heavy atom. The van der Waals surface area contributed by atoms with Crippen LogP contribution < -0.4 is 0 Å². The van der Waals surface area contributed by atoms with Crippen LogP contribution in [-0.2, 0) is 14.3 Å². The van der Waals surface area contributed by atoms with Crippen molar-refractivity contribution in [1.82, 2.24) is 4.90 Å². The number of carbonyl (C=O) groups excluding carboxylic acids is 1. The van der Waals surface area contributed by atoms with Gasteiger partial charge in [-0.2, -0.15) is 0 Å². The van der Waals surface area contributed by atoms with Gasteiger partial charge >= 0.3 is 5.97 Å². The number of carbonyl (C=O) groups is 1. The first-order chi connectivity index (χ1) is 10.0. The summed E-state index contributed by atoms with van der Waals surface area (Å²) in [6, 6.07) is 4.72. The molecule has 1 heterocycles. The lowest BCUT2D eigenvalue weighted by molar-refractivity contribution is -0.147. The maximum atomic E-state index is 12.2. The SMILES string of the molecule is COC(=O)[C@H](c1cccc(Cl)c1Cl)N(C)C[C@H]1CCOC1. The zero-order chi connectivity index (χ0) is 15.4. The summed E-state index contributed by atoms with van der Waals surface area (Å²) in [6.07, 6.45) is 1.00. The number of benzene rings is 1. The predicted octanol–water partition coefficient (Wildman–Crippen LogP) is 3.18. The number of hydrogen-bond donors (Lipinski definition) is 0. The van der Waals surface area contributed by atoms with Gasteiger partial charge in [0.25, 0.3) is 0 Å². The first kappa shape index (κ1) is 16.6. The molecule has 1 saturated heterocycles. The Morgan fingerprint density at radius 3 is 2.90 bits per heavy atom. The molecule has 0 aromatic heterocycles. The molecule has 2 rings (SSSR count). The predicted molar refractivity (Wildman–Crippen MR) is 82.8 cm³/mol. The van der Waals surface area contributed by atoms with Crippen LogP contribution in [0.3, 0.4) is 0 Å². The second-order valence-corrected chi connectivity index (χ2v) is 6.02. The van der Waals surface area contributed by atoms with Crippen molar-refractivity contribution in [2.24, 2.45) is 5.92 Å². The molecule has 0 N–H and O–H groups in total. The molecule has 0 saturated carbocycles. The van der Waals surface area contributed by atoms with Gasteiger partial charge in [0.1, 0.15) is 6.04 Å². The number of methoxy groups -OCH3 is 1. The minimum Gasteiger partial charge on any atom is -0.468 e. The van der Waals surface area contributed by atoms with E-state index in [0.29, 0.717) is 21.5 Å². The Morgan fingerprint density at radius 1 is 1.52 bits per heavy atom. The summed E-state index contributed by atoms with van der Waals surface area (Å²) >= 11 is 12.3. The van der Waals surface area contributed by atoms with Crippen LogP contribution in [0, 0.1) is 5.92 Å². The van der Waals surface area contributed by atoms with E-state index in [1.54, 1.807) is 18.2 Å². The maximum Gasteiger partial charge on any atom is 0.327 e. The summed E-state index contributed by atoms with van der Waals surface area (Å²) in [5.74, 6) is 0.0701. The van der Waals surface area contributed by atoms with Crippen LogP contribution in [0.2, 0.25) is 10.0 Å². The van der Waals surface area contributed by atoms with Crippen molar-refractivity contribution in [2.75, 3.05) is 33.9 Å². The smallest absolute Gasteiger partial charge is 0.327 e. The summed E-state index contributed by atoms with van der Waals surface area (Å²) in [5, 5.41) is 0.824. The van der Waals surface area contributed by atoms with Gasteiger partial charge in [-0.05, 0) is 25.5 Å². The third-order valence-electron chi connectivity index (χ3n) is 3.71. The molecular formula is C15H19Cl2NO3. The largest absolute Gasteiger partial charge is 0.468 e. The van der Waals surface area contributed by atoms with E-state index < -0.39 is 6.04 Å². The Labute approximate surface area is 134 Å². The number of hydrogen-bond acceptors (Lipinski definition) is 4. The molecule has 4 nitrogen and oxygen atoms in total. The second kappa shape index (κ2) is 7.45. The lowest BCUT2D eigenvalue weighted by atomic mass is 10.0. The fourth-order valence-electron chi connectivity index (χ4n) is 2.63. The third kappa shape index (κ3) is 3.89. The molecule has 21 heavy (non-hydrogen) atoms. The summed E-state index contributed by atoms with van der Waals surface area (Å²) in [5.41, 5.74) is 0.664. The van der Waals surface area contributed by atoms with Crippen molar-refractivity contribution in [3.8, 4) is 0 Å². The topological polar surface area (TPSA) is 38.8 Å². The van der Waals surface area contributed by atoms with Gasteiger partial charge in [0, 0.05) is 18.7 Å². The van der Waals surface area contributed by atoms with Gasteiger partial charge in [-0.1, -0.05) is 35.3 Å². The average molecular weight is 332 g/mol. The van der Waals surface area contributed by atoms with Crippen molar-refractivity contribution in [3.05, 3.63) is 33.8 Å².